The summed E-state index contributed by atoms with van der Waals surface area (Å²) in [4.78, 5) is 18.7. The van der Waals surface area contributed by atoms with Crippen LogP contribution >= 0.6 is 0 Å². The maximum Gasteiger partial charge on any atom is 0.289 e. The number of furan rings is 1. The van der Waals surface area contributed by atoms with Crippen molar-refractivity contribution in [2.45, 2.75) is 25.8 Å². The summed E-state index contributed by atoms with van der Waals surface area (Å²) in [5, 5.41) is 3.26. The number of carbonyl (C=O) groups is 1. The number of aromatic nitrogens is 1. The molecule has 1 aliphatic heterocycles. The number of aryl methyl sites for hydroxylation is 1. The van der Waals surface area contributed by atoms with Gasteiger partial charge >= 0.3 is 0 Å². The average Bonchev–Trinajstić information content (AvgIpc) is 2.89. The molecule has 1 amide bonds. The lowest BCUT2D eigenvalue weighted by Gasteiger charge is -2.31. The van der Waals surface area contributed by atoms with Crippen molar-refractivity contribution in [1.29, 1.82) is 0 Å². The Hall–Kier alpha value is -1.88. The SMILES string of the molecule is CNC1CCN(C(=O)c2cc3nc(C)ccc3o2)CC1. The molecule has 1 aliphatic rings. The number of pyridine rings is 1. The highest BCUT2D eigenvalue weighted by Gasteiger charge is 2.25. The van der Waals surface area contributed by atoms with E-state index in [1.165, 1.54) is 0 Å². The van der Waals surface area contributed by atoms with Gasteiger partial charge in [-0.15, -0.1) is 0 Å². The van der Waals surface area contributed by atoms with Crippen LogP contribution in [0.3, 0.4) is 0 Å². The standard InChI is InChI=1S/C15H19N3O2/c1-10-3-4-13-12(17-10)9-14(20-13)15(19)18-7-5-11(16-2)6-8-18/h3-4,9,11,16H,5-8H2,1-2H3. The zero-order valence-electron chi connectivity index (χ0n) is 11.8. The Morgan fingerprint density at radius 2 is 2.15 bits per heavy atom. The molecule has 0 bridgehead atoms. The molecule has 5 heteroatoms. The van der Waals surface area contributed by atoms with Gasteiger partial charge in [-0.25, -0.2) is 4.98 Å². The van der Waals surface area contributed by atoms with Crippen molar-refractivity contribution >= 4 is 17.0 Å². The number of nitrogens with zero attached hydrogens (tertiary/aromatic N) is 2. The van der Waals surface area contributed by atoms with Crippen LogP contribution in [0.4, 0.5) is 0 Å². The number of rotatable bonds is 2. The zero-order chi connectivity index (χ0) is 14.1. The summed E-state index contributed by atoms with van der Waals surface area (Å²) in [6, 6.07) is 6.01. The van der Waals surface area contributed by atoms with Crippen LogP contribution < -0.4 is 5.32 Å². The van der Waals surface area contributed by atoms with Crippen molar-refractivity contribution < 1.29 is 9.21 Å². The molecule has 1 fully saturated rings. The molecule has 0 aromatic carbocycles. The largest absolute Gasteiger partial charge is 0.449 e. The maximum absolute atomic E-state index is 12.4. The van der Waals surface area contributed by atoms with Gasteiger partial charge in [-0.2, -0.15) is 0 Å². The summed E-state index contributed by atoms with van der Waals surface area (Å²) in [6.07, 6.45) is 1.97. The van der Waals surface area contributed by atoms with Gasteiger partial charge in [-0.3, -0.25) is 4.79 Å². The lowest BCUT2D eigenvalue weighted by molar-refractivity contribution is 0.0677. The van der Waals surface area contributed by atoms with Gasteiger partial charge in [-0.1, -0.05) is 0 Å². The van der Waals surface area contributed by atoms with E-state index < -0.39 is 0 Å². The van der Waals surface area contributed by atoms with Gasteiger partial charge in [0.25, 0.3) is 5.91 Å². The number of hydrogen-bond donors (Lipinski definition) is 1. The Labute approximate surface area is 118 Å². The quantitative estimate of drug-likeness (QED) is 0.908. The van der Waals surface area contributed by atoms with Crippen LogP contribution in [0.1, 0.15) is 29.1 Å². The summed E-state index contributed by atoms with van der Waals surface area (Å²) in [5.41, 5.74) is 2.34. The highest BCUT2D eigenvalue weighted by atomic mass is 16.3. The minimum absolute atomic E-state index is 0.0322. The minimum atomic E-state index is -0.0322. The number of hydrogen-bond acceptors (Lipinski definition) is 4. The zero-order valence-corrected chi connectivity index (χ0v) is 11.8. The fourth-order valence-corrected chi connectivity index (χ4v) is 2.66. The topological polar surface area (TPSA) is 58.4 Å². The number of likely N-dealkylation sites (tertiary alicyclic amines) is 1. The van der Waals surface area contributed by atoms with Crippen molar-refractivity contribution in [2.24, 2.45) is 0 Å². The van der Waals surface area contributed by atoms with Crippen molar-refractivity contribution in [1.82, 2.24) is 15.2 Å². The van der Waals surface area contributed by atoms with E-state index in [0.29, 0.717) is 17.4 Å². The van der Waals surface area contributed by atoms with Gasteiger partial charge in [-0.05, 0) is 38.9 Å². The third kappa shape index (κ3) is 2.41. The molecule has 0 unspecified atom stereocenters. The molecule has 0 spiro atoms. The van der Waals surface area contributed by atoms with Crippen LogP contribution in [-0.4, -0.2) is 42.0 Å². The van der Waals surface area contributed by atoms with Gasteiger partial charge in [0.1, 0.15) is 5.52 Å². The summed E-state index contributed by atoms with van der Waals surface area (Å²) >= 11 is 0. The first-order valence-electron chi connectivity index (χ1n) is 7.01. The Kier molecular flexibility index (Phi) is 3.44. The molecule has 1 N–H and O–H groups in total. The van der Waals surface area contributed by atoms with Gasteiger partial charge in [0.05, 0.1) is 0 Å². The maximum atomic E-state index is 12.4. The van der Waals surface area contributed by atoms with Crippen LogP contribution in [0.5, 0.6) is 0 Å². The summed E-state index contributed by atoms with van der Waals surface area (Å²) in [6.45, 7) is 3.47. The van der Waals surface area contributed by atoms with Crippen LogP contribution in [0.2, 0.25) is 0 Å². The van der Waals surface area contributed by atoms with Gasteiger partial charge in [0.2, 0.25) is 0 Å². The molecule has 0 aliphatic carbocycles. The average molecular weight is 273 g/mol. The van der Waals surface area contributed by atoms with E-state index in [1.807, 2.05) is 31.0 Å². The number of amides is 1. The summed E-state index contributed by atoms with van der Waals surface area (Å²) < 4.78 is 5.62. The molecular weight excluding hydrogens is 254 g/mol. The van der Waals surface area contributed by atoms with Crippen LogP contribution in [-0.2, 0) is 0 Å². The summed E-state index contributed by atoms with van der Waals surface area (Å²) in [7, 11) is 1.97. The molecule has 0 radical (unpaired) electrons. The molecule has 2 aromatic rings. The highest BCUT2D eigenvalue weighted by Crippen LogP contribution is 2.21. The minimum Gasteiger partial charge on any atom is -0.449 e. The fourth-order valence-electron chi connectivity index (χ4n) is 2.66. The van der Waals surface area contributed by atoms with Crippen LogP contribution in [0, 0.1) is 6.92 Å². The van der Waals surface area contributed by atoms with Crippen molar-refractivity contribution in [3.05, 3.63) is 29.7 Å². The van der Waals surface area contributed by atoms with Gasteiger partial charge < -0.3 is 14.6 Å². The van der Waals surface area contributed by atoms with Crippen molar-refractivity contribution in [2.75, 3.05) is 20.1 Å². The van der Waals surface area contributed by atoms with E-state index in [2.05, 4.69) is 10.3 Å². The first-order chi connectivity index (χ1) is 9.67. The van der Waals surface area contributed by atoms with E-state index in [1.54, 1.807) is 6.07 Å². The number of fused-ring (bicyclic) bond motifs is 1. The van der Waals surface area contributed by atoms with E-state index in [-0.39, 0.29) is 5.91 Å². The van der Waals surface area contributed by atoms with Gasteiger partial charge in [0, 0.05) is 30.9 Å². The second-order valence-corrected chi connectivity index (χ2v) is 5.30. The molecule has 106 valence electrons. The smallest absolute Gasteiger partial charge is 0.289 e. The fraction of sp³-hybridized carbons (Fsp3) is 0.467. The molecule has 3 rings (SSSR count). The van der Waals surface area contributed by atoms with E-state index in [0.717, 1.165) is 37.1 Å². The molecule has 2 aromatic heterocycles. The third-order valence-electron chi connectivity index (χ3n) is 3.91. The van der Waals surface area contributed by atoms with E-state index >= 15 is 0 Å². The number of carbonyl (C=O) groups excluding carboxylic acids is 1. The first kappa shape index (κ1) is 13.1. The predicted octanol–water partition coefficient (Wildman–Crippen LogP) is 1.96. The normalized spacial score (nSPS) is 16.8. The first-order valence-corrected chi connectivity index (χ1v) is 7.01. The Morgan fingerprint density at radius 1 is 1.40 bits per heavy atom. The molecule has 0 saturated carbocycles. The molecule has 3 heterocycles. The number of nitrogens with one attached hydrogen (secondary N) is 1. The molecule has 20 heavy (non-hydrogen) atoms. The Morgan fingerprint density at radius 3 is 2.85 bits per heavy atom. The highest BCUT2D eigenvalue weighted by molar-refractivity contribution is 5.95. The van der Waals surface area contributed by atoms with Crippen molar-refractivity contribution in [3.8, 4) is 0 Å². The van der Waals surface area contributed by atoms with Crippen molar-refractivity contribution in [3.63, 3.8) is 0 Å². The van der Waals surface area contributed by atoms with Gasteiger partial charge in [0.15, 0.2) is 11.3 Å². The molecule has 0 atom stereocenters. The molecular formula is C15H19N3O2. The second-order valence-electron chi connectivity index (χ2n) is 5.30. The number of piperidine rings is 1. The Balaban J connectivity index is 1.79. The van der Waals surface area contributed by atoms with E-state index in [4.69, 9.17) is 4.42 Å². The van der Waals surface area contributed by atoms with Crippen LogP contribution in [0.15, 0.2) is 22.6 Å². The molecule has 1 saturated heterocycles. The monoisotopic (exact) mass is 273 g/mol. The van der Waals surface area contributed by atoms with E-state index in [9.17, 15) is 4.79 Å². The second kappa shape index (κ2) is 5.25. The van der Waals surface area contributed by atoms with Crippen LogP contribution in [0.25, 0.3) is 11.1 Å². The molecule has 5 nitrogen and oxygen atoms in total. The lowest BCUT2D eigenvalue weighted by atomic mass is 10.1. The predicted molar refractivity (Wildman–Crippen MR) is 76.7 cm³/mol. The summed E-state index contributed by atoms with van der Waals surface area (Å²) in [5.74, 6) is 0.358. The Bertz CT molecular complexity index is 627. The third-order valence-corrected chi connectivity index (χ3v) is 3.91. The lowest BCUT2D eigenvalue weighted by Crippen LogP contribution is -2.43.